The lowest BCUT2D eigenvalue weighted by molar-refractivity contribution is -0.483. The van der Waals surface area contributed by atoms with Gasteiger partial charge >= 0.3 is 5.97 Å². The predicted molar refractivity (Wildman–Crippen MR) is 116 cm³/mol. The minimum atomic E-state index is -0.686. The van der Waals surface area contributed by atoms with Gasteiger partial charge in [0.15, 0.2) is 5.78 Å². The Kier molecular flexibility index (Phi) is 7.61. The average molecular weight is 452 g/mol. The van der Waals surface area contributed by atoms with Crippen molar-refractivity contribution in [3.05, 3.63) is 78.8 Å². The number of ketones is 1. The van der Waals surface area contributed by atoms with Crippen LogP contribution in [0.15, 0.2) is 36.4 Å². The van der Waals surface area contributed by atoms with Crippen LogP contribution in [0.4, 0.5) is 0 Å². The van der Waals surface area contributed by atoms with Crippen molar-refractivity contribution < 1.29 is 19.2 Å². The number of rotatable bonds is 7. The Hall–Kier alpha value is -2.44. The van der Waals surface area contributed by atoms with Gasteiger partial charge in [0.1, 0.15) is 5.60 Å². The third-order valence-electron chi connectivity index (χ3n) is 4.32. The summed E-state index contributed by atoms with van der Waals surface area (Å²) in [5, 5.41) is 11.8. The Morgan fingerprint density at radius 1 is 1.10 bits per heavy atom. The maximum atomic E-state index is 12.8. The van der Waals surface area contributed by atoms with Gasteiger partial charge in [-0.3, -0.25) is 14.9 Å². The molecule has 0 N–H and O–H groups in total. The molecule has 0 aliphatic heterocycles. The van der Waals surface area contributed by atoms with Crippen LogP contribution < -0.4 is 0 Å². The SMILES string of the molecule is Cc1cc(C(=O)CC(C[N+](=O)[O-])c2cc(Cl)cc(Cl)c2)ccc1C(=O)OC(C)(C)C. The molecule has 1 unspecified atom stereocenters. The highest BCUT2D eigenvalue weighted by molar-refractivity contribution is 6.34. The van der Waals surface area contributed by atoms with Crippen LogP contribution in [-0.2, 0) is 4.74 Å². The number of aryl methyl sites for hydroxylation is 1. The second-order valence-electron chi connectivity index (χ2n) is 8.07. The molecule has 8 heteroatoms. The van der Waals surface area contributed by atoms with Crippen molar-refractivity contribution in [3.63, 3.8) is 0 Å². The number of nitro groups is 1. The number of Topliss-reactive ketones (excluding diaryl/α,β-unsaturated/α-hetero) is 1. The molecule has 6 nitrogen and oxygen atoms in total. The molecule has 1 atom stereocenters. The second kappa shape index (κ2) is 9.58. The number of carbonyl (C=O) groups is 2. The third-order valence-corrected chi connectivity index (χ3v) is 4.76. The molecular formula is C22H23Cl2NO5. The molecule has 0 aliphatic rings. The van der Waals surface area contributed by atoms with E-state index in [1.807, 2.05) is 0 Å². The fourth-order valence-corrected chi connectivity index (χ4v) is 3.56. The van der Waals surface area contributed by atoms with Crippen molar-refractivity contribution >= 4 is 35.0 Å². The lowest BCUT2D eigenvalue weighted by Crippen LogP contribution is -2.24. The first-order valence-electron chi connectivity index (χ1n) is 9.30. The summed E-state index contributed by atoms with van der Waals surface area (Å²) in [6.45, 7) is 6.60. The third kappa shape index (κ3) is 6.82. The maximum Gasteiger partial charge on any atom is 0.338 e. The lowest BCUT2D eigenvalue weighted by atomic mass is 9.90. The molecule has 0 spiro atoms. The largest absolute Gasteiger partial charge is 0.456 e. The van der Waals surface area contributed by atoms with E-state index in [2.05, 4.69) is 0 Å². The monoisotopic (exact) mass is 451 g/mol. The summed E-state index contributed by atoms with van der Waals surface area (Å²) in [5.74, 6) is -1.44. The van der Waals surface area contributed by atoms with Gasteiger partial charge in [-0.15, -0.1) is 0 Å². The molecule has 0 heterocycles. The quantitative estimate of drug-likeness (QED) is 0.226. The van der Waals surface area contributed by atoms with Gasteiger partial charge in [-0.05, 0) is 69.2 Å². The van der Waals surface area contributed by atoms with Gasteiger partial charge < -0.3 is 4.74 Å². The molecule has 0 amide bonds. The molecule has 0 saturated heterocycles. The van der Waals surface area contributed by atoms with E-state index >= 15 is 0 Å². The number of esters is 1. The van der Waals surface area contributed by atoms with Crippen LogP contribution in [-0.4, -0.2) is 28.8 Å². The Morgan fingerprint density at radius 3 is 2.20 bits per heavy atom. The highest BCUT2D eigenvalue weighted by Crippen LogP contribution is 2.29. The van der Waals surface area contributed by atoms with E-state index in [-0.39, 0.29) is 12.2 Å². The van der Waals surface area contributed by atoms with Gasteiger partial charge in [0.25, 0.3) is 0 Å². The van der Waals surface area contributed by atoms with Crippen LogP contribution >= 0.6 is 23.2 Å². The predicted octanol–water partition coefficient (Wildman–Crippen LogP) is 5.89. The summed E-state index contributed by atoms with van der Waals surface area (Å²) in [7, 11) is 0. The van der Waals surface area contributed by atoms with E-state index in [1.165, 1.54) is 18.2 Å². The van der Waals surface area contributed by atoms with Crippen molar-refractivity contribution in [3.8, 4) is 0 Å². The van der Waals surface area contributed by atoms with Gasteiger partial charge in [-0.25, -0.2) is 4.79 Å². The smallest absolute Gasteiger partial charge is 0.338 e. The van der Waals surface area contributed by atoms with Gasteiger partial charge in [-0.2, -0.15) is 0 Å². The number of ether oxygens (including phenoxy) is 1. The minimum Gasteiger partial charge on any atom is -0.456 e. The standard InChI is InChI=1S/C22H23Cl2NO5/c1-13-7-14(5-6-19(13)21(27)30-22(2,3)4)20(26)10-16(12-25(28)29)15-8-17(23)11-18(24)9-15/h5-9,11,16H,10,12H2,1-4H3. The van der Waals surface area contributed by atoms with Gasteiger partial charge in [0.2, 0.25) is 6.54 Å². The highest BCUT2D eigenvalue weighted by atomic mass is 35.5. The molecule has 0 saturated carbocycles. The molecule has 2 aromatic rings. The van der Waals surface area contributed by atoms with Crippen LogP contribution in [0.2, 0.25) is 10.0 Å². The number of halogens is 2. The maximum absolute atomic E-state index is 12.8. The normalized spacial score (nSPS) is 12.3. The number of nitrogens with zero attached hydrogens (tertiary/aromatic N) is 1. The molecule has 0 fully saturated rings. The first-order chi connectivity index (χ1) is 13.9. The molecule has 0 radical (unpaired) electrons. The van der Waals surface area contributed by atoms with E-state index in [1.54, 1.807) is 45.9 Å². The van der Waals surface area contributed by atoms with Crippen molar-refractivity contribution in [2.75, 3.05) is 6.54 Å². The summed E-state index contributed by atoms with van der Waals surface area (Å²) < 4.78 is 5.37. The van der Waals surface area contributed by atoms with E-state index in [0.29, 0.717) is 32.3 Å². The molecule has 160 valence electrons. The zero-order valence-electron chi connectivity index (χ0n) is 17.2. The number of hydrogen-bond acceptors (Lipinski definition) is 5. The summed E-state index contributed by atoms with van der Waals surface area (Å²) in [6.07, 6.45) is -0.0944. The van der Waals surface area contributed by atoms with Crippen molar-refractivity contribution in [1.82, 2.24) is 0 Å². The van der Waals surface area contributed by atoms with Gasteiger partial charge in [-0.1, -0.05) is 29.3 Å². The molecule has 0 bridgehead atoms. The Labute approximate surface area is 185 Å². The van der Waals surface area contributed by atoms with E-state index in [4.69, 9.17) is 27.9 Å². The van der Waals surface area contributed by atoms with Crippen LogP contribution in [0, 0.1) is 17.0 Å². The topological polar surface area (TPSA) is 86.5 Å². The lowest BCUT2D eigenvalue weighted by Gasteiger charge is -2.20. The fourth-order valence-electron chi connectivity index (χ4n) is 3.02. The van der Waals surface area contributed by atoms with Gasteiger partial charge in [0.05, 0.1) is 11.5 Å². The fraction of sp³-hybridized carbons (Fsp3) is 0.364. The Morgan fingerprint density at radius 2 is 1.70 bits per heavy atom. The minimum absolute atomic E-state index is 0.0944. The summed E-state index contributed by atoms with van der Waals surface area (Å²) >= 11 is 12.0. The van der Waals surface area contributed by atoms with Crippen molar-refractivity contribution in [2.24, 2.45) is 0 Å². The van der Waals surface area contributed by atoms with Crippen LogP contribution in [0.5, 0.6) is 0 Å². The Bertz CT molecular complexity index is 962. The summed E-state index contributed by atoms with van der Waals surface area (Å²) in [5.41, 5.74) is 1.21. The Balaban J connectivity index is 2.26. The number of hydrogen-bond donors (Lipinski definition) is 0. The zero-order valence-corrected chi connectivity index (χ0v) is 18.7. The first-order valence-corrected chi connectivity index (χ1v) is 10.1. The summed E-state index contributed by atoms with van der Waals surface area (Å²) in [6, 6.07) is 9.34. The van der Waals surface area contributed by atoms with Crippen molar-refractivity contribution in [1.29, 1.82) is 0 Å². The molecular weight excluding hydrogens is 429 g/mol. The zero-order chi connectivity index (χ0) is 22.6. The van der Waals surface area contributed by atoms with Crippen LogP contribution in [0.1, 0.15) is 65.0 Å². The van der Waals surface area contributed by atoms with E-state index < -0.39 is 29.0 Å². The van der Waals surface area contributed by atoms with E-state index in [9.17, 15) is 19.7 Å². The first kappa shape index (κ1) is 23.8. The number of carbonyl (C=O) groups excluding carboxylic acids is 2. The van der Waals surface area contributed by atoms with Gasteiger partial charge in [0, 0.05) is 27.0 Å². The van der Waals surface area contributed by atoms with Crippen LogP contribution in [0.3, 0.4) is 0 Å². The molecule has 2 rings (SSSR count). The van der Waals surface area contributed by atoms with Crippen molar-refractivity contribution in [2.45, 2.75) is 45.6 Å². The van der Waals surface area contributed by atoms with E-state index in [0.717, 1.165) is 0 Å². The average Bonchev–Trinajstić information content (AvgIpc) is 2.58. The highest BCUT2D eigenvalue weighted by Gasteiger charge is 2.24. The van der Waals surface area contributed by atoms with Crippen LogP contribution in [0.25, 0.3) is 0 Å². The molecule has 0 aliphatic carbocycles. The molecule has 2 aromatic carbocycles. The number of benzene rings is 2. The molecule has 30 heavy (non-hydrogen) atoms. The second-order valence-corrected chi connectivity index (χ2v) is 8.95. The molecule has 0 aromatic heterocycles. The summed E-state index contributed by atoms with van der Waals surface area (Å²) in [4.78, 5) is 35.8.